The van der Waals surface area contributed by atoms with Crippen LogP contribution in [0.4, 0.5) is 0 Å². The zero-order valence-corrected chi connectivity index (χ0v) is 19.2. The van der Waals surface area contributed by atoms with Gasteiger partial charge in [0.05, 0.1) is 11.9 Å². The predicted octanol–water partition coefficient (Wildman–Crippen LogP) is 2.68. The molecule has 0 radical (unpaired) electrons. The summed E-state index contributed by atoms with van der Waals surface area (Å²) in [5, 5.41) is 7.54. The van der Waals surface area contributed by atoms with Crippen LogP contribution in [0.25, 0.3) is 11.3 Å². The molecule has 7 nitrogen and oxygen atoms in total. The Kier molecular flexibility index (Phi) is 6.41. The van der Waals surface area contributed by atoms with E-state index in [0.717, 1.165) is 67.4 Å². The topological polar surface area (TPSA) is 62.6 Å². The van der Waals surface area contributed by atoms with E-state index in [2.05, 4.69) is 63.5 Å². The molecule has 2 aliphatic rings. The standard InChI is InChI=1S/C26H31N5O2/c1-20-7-8-24-23(15-20)26-22(19-33-24)16-28-31(26)18-25(32)27-9-10-29-11-13-30(14-12-29)17-21-5-3-2-4-6-21/h2-8,15-16H,9-14,17-19H2,1H3,(H,27,32). The quantitative estimate of drug-likeness (QED) is 0.606. The molecule has 0 aliphatic carbocycles. The minimum Gasteiger partial charge on any atom is -0.488 e. The number of nitrogens with one attached hydrogen (secondary N) is 1. The smallest absolute Gasteiger partial charge is 0.241 e. The number of hydrogen-bond donors (Lipinski definition) is 1. The van der Waals surface area contributed by atoms with E-state index in [1.165, 1.54) is 5.56 Å². The minimum atomic E-state index is -0.00990. The van der Waals surface area contributed by atoms with Crippen molar-refractivity contribution in [2.75, 3.05) is 39.3 Å². The number of hydrogen-bond acceptors (Lipinski definition) is 5. The zero-order valence-electron chi connectivity index (χ0n) is 19.2. The van der Waals surface area contributed by atoms with Crippen molar-refractivity contribution in [3.63, 3.8) is 0 Å². The molecule has 33 heavy (non-hydrogen) atoms. The third-order valence-corrected chi connectivity index (χ3v) is 6.45. The number of aryl methyl sites for hydroxylation is 1. The van der Waals surface area contributed by atoms with Gasteiger partial charge in [-0.3, -0.25) is 19.3 Å². The van der Waals surface area contributed by atoms with Crippen LogP contribution in [0.3, 0.4) is 0 Å². The second-order valence-corrected chi connectivity index (χ2v) is 8.92. The lowest BCUT2D eigenvalue weighted by atomic mass is 10.0. The summed E-state index contributed by atoms with van der Waals surface area (Å²) in [6, 6.07) is 16.8. The number of carbonyl (C=O) groups excluding carboxylic acids is 1. The molecule has 0 bridgehead atoms. The Morgan fingerprint density at radius 1 is 1.06 bits per heavy atom. The van der Waals surface area contributed by atoms with Crippen LogP contribution in [-0.2, 0) is 24.5 Å². The third-order valence-electron chi connectivity index (χ3n) is 6.45. The van der Waals surface area contributed by atoms with Crippen molar-refractivity contribution >= 4 is 5.91 Å². The van der Waals surface area contributed by atoms with Crippen molar-refractivity contribution < 1.29 is 9.53 Å². The summed E-state index contributed by atoms with van der Waals surface area (Å²) in [5.74, 6) is 0.839. The molecule has 5 rings (SSSR count). The number of amides is 1. The molecule has 3 heterocycles. The van der Waals surface area contributed by atoms with Crippen LogP contribution in [0, 0.1) is 6.92 Å². The van der Waals surface area contributed by atoms with Crippen LogP contribution in [0.2, 0.25) is 0 Å². The van der Waals surface area contributed by atoms with Gasteiger partial charge in [0, 0.05) is 56.9 Å². The van der Waals surface area contributed by atoms with E-state index in [-0.39, 0.29) is 12.5 Å². The fourth-order valence-corrected chi connectivity index (χ4v) is 4.63. The summed E-state index contributed by atoms with van der Waals surface area (Å²) < 4.78 is 7.63. The van der Waals surface area contributed by atoms with E-state index >= 15 is 0 Å². The summed E-state index contributed by atoms with van der Waals surface area (Å²) in [4.78, 5) is 17.6. The molecule has 0 atom stereocenters. The van der Waals surface area contributed by atoms with Crippen LogP contribution in [0.1, 0.15) is 16.7 Å². The zero-order chi connectivity index (χ0) is 22.6. The van der Waals surface area contributed by atoms with Crippen LogP contribution in [0.5, 0.6) is 5.75 Å². The van der Waals surface area contributed by atoms with Gasteiger partial charge in [-0.25, -0.2) is 0 Å². The second kappa shape index (κ2) is 9.77. The van der Waals surface area contributed by atoms with E-state index in [4.69, 9.17) is 4.74 Å². The van der Waals surface area contributed by atoms with Gasteiger partial charge in [-0.1, -0.05) is 42.0 Å². The summed E-state index contributed by atoms with van der Waals surface area (Å²) in [5.41, 5.74) is 5.54. The van der Waals surface area contributed by atoms with Gasteiger partial charge in [0.15, 0.2) is 0 Å². The highest BCUT2D eigenvalue weighted by Gasteiger charge is 2.23. The van der Waals surface area contributed by atoms with Crippen molar-refractivity contribution in [1.29, 1.82) is 0 Å². The first-order chi connectivity index (χ1) is 16.2. The predicted molar refractivity (Wildman–Crippen MR) is 128 cm³/mol. The Morgan fingerprint density at radius 3 is 2.67 bits per heavy atom. The molecule has 2 aliphatic heterocycles. The van der Waals surface area contributed by atoms with E-state index in [9.17, 15) is 4.79 Å². The highest BCUT2D eigenvalue weighted by molar-refractivity contribution is 5.78. The van der Waals surface area contributed by atoms with Crippen molar-refractivity contribution in [2.45, 2.75) is 26.6 Å². The lowest BCUT2D eigenvalue weighted by molar-refractivity contribution is -0.121. The third kappa shape index (κ3) is 5.10. The summed E-state index contributed by atoms with van der Waals surface area (Å²) in [7, 11) is 0. The number of piperazine rings is 1. The van der Waals surface area contributed by atoms with Crippen LogP contribution in [-0.4, -0.2) is 64.8 Å². The second-order valence-electron chi connectivity index (χ2n) is 8.92. The Labute approximate surface area is 195 Å². The van der Waals surface area contributed by atoms with E-state index in [1.54, 1.807) is 4.68 Å². The van der Waals surface area contributed by atoms with E-state index < -0.39 is 0 Å². The largest absolute Gasteiger partial charge is 0.488 e. The van der Waals surface area contributed by atoms with E-state index in [1.807, 2.05) is 18.3 Å². The molecule has 0 spiro atoms. The maximum Gasteiger partial charge on any atom is 0.241 e. The molecule has 1 amide bonds. The Hall–Kier alpha value is -3.16. The highest BCUT2D eigenvalue weighted by atomic mass is 16.5. The van der Waals surface area contributed by atoms with Gasteiger partial charge >= 0.3 is 0 Å². The summed E-state index contributed by atoms with van der Waals surface area (Å²) in [6.45, 7) is 9.48. The molecule has 0 saturated carbocycles. The molecule has 1 saturated heterocycles. The first-order valence-corrected chi connectivity index (χ1v) is 11.7. The molecule has 2 aromatic carbocycles. The Balaban J connectivity index is 1.09. The van der Waals surface area contributed by atoms with Crippen LogP contribution < -0.4 is 10.1 Å². The lowest BCUT2D eigenvalue weighted by Gasteiger charge is -2.34. The molecule has 1 N–H and O–H groups in total. The fourth-order valence-electron chi connectivity index (χ4n) is 4.63. The fraction of sp³-hybridized carbons (Fsp3) is 0.385. The number of aromatic nitrogens is 2. The molecule has 0 unspecified atom stereocenters. The molecule has 1 fully saturated rings. The van der Waals surface area contributed by atoms with Crippen LogP contribution >= 0.6 is 0 Å². The Morgan fingerprint density at radius 2 is 1.85 bits per heavy atom. The first kappa shape index (κ1) is 21.7. The average molecular weight is 446 g/mol. The number of nitrogens with zero attached hydrogens (tertiary/aromatic N) is 4. The molecule has 7 heteroatoms. The molecule has 3 aromatic rings. The number of fused-ring (bicyclic) bond motifs is 3. The number of rotatable bonds is 7. The van der Waals surface area contributed by atoms with Crippen LogP contribution in [0.15, 0.2) is 54.7 Å². The van der Waals surface area contributed by atoms with Gasteiger partial charge in [0.2, 0.25) is 5.91 Å². The van der Waals surface area contributed by atoms with Gasteiger partial charge < -0.3 is 10.1 Å². The summed E-state index contributed by atoms with van der Waals surface area (Å²) in [6.07, 6.45) is 1.81. The molecular weight excluding hydrogens is 414 g/mol. The van der Waals surface area contributed by atoms with Gasteiger partial charge in [-0.2, -0.15) is 5.10 Å². The molecule has 172 valence electrons. The summed E-state index contributed by atoms with van der Waals surface area (Å²) >= 11 is 0. The monoisotopic (exact) mass is 445 g/mol. The first-order valence-electron chi connectivity index (χ1n) is 11.7. The van der Waals surface area contributed by atoms with Crippen molar-refractivity contribution in [1.82, 2.24) is 24.9 Å². The molecule has 1 aromatic heterocycles. The minimum absolute atomic E-state index is 0.00990. The van der Waals surface area contributed by atoms with Gasteiger partial charge in [0.1, 0.15) is 18.9 Å². The maximum absolute atomic E-state index is 12.6. The number of benzene rings is 2. The molecular formula is C26H31N5O2. The van der Waals surface area contributed by atoms with Gasteiger partial charge in [-0.05, 0) is 24.6 Å². The highest BCUT2D eigenvalue weighted by Crippen LogP contribution is 2.37. The number of ether oxygens (including phenoxy) is 1. The normalized spacial score (nSPS) is 16.0. The SMILES string of the molecule is Cc1ccc2c(c1)-c1c(cnn1CC(=O)NCCN1CCN(Cc3ccccc3)CC1)CO2. The van der Waals surface area contributed by atoms with Gasteiger partial charge in [-0.15, -0.1) is 0 Å². The van der Waals surface area contributed by atoms with Crippen molar-refractivity contribution in [3.05, 3.63) is 71.4 Å². The lowest BCUT2D eigenvalue weighted by Crippen LogP contribution is -2.48. The number of carbonyl (C=O) groups is 1. The van der Waals surface area contributed by atoms with E-state index in [0.29, 0.717) is 13.2 Å². The maximum atomic E-state index is 12.6. The van der Waals surface area contributed by atoms with Crippen molar-refractivity contribution in [3.8, 4) is 17.0 Å². The van der Waals surface area contributed by atoms with Crippen molar-refractivity contribution in [2.24, 2.45) is 0 Å². The van der Waals surface area contributed by atoms with Gasteiger partial charge in [0.25, 0.3) is 0 Å². The average Bonchev–Trinajstić information content (AvgIpc) is 3.24. The Bertz CT molecular complexity index is 1100.